The summed E-state index contributed by atoms with van der Waals surface area (Å²) in [5.74, 6) is 0.429. The zero-order valence-corrected chi connectivity index (χ0v) is 11.4. The maximum absolute atomic E-state index is 4.58. The number of hydrogen-bond donors (Lipinski definition) is 0. The molecule has 0 aliphatic carbocycles. The van der Waals surface area contributed by atoms with Crippen LogP contribution in [0.3, 0.4) is 0 Å². The van der Waals surface area contributed by atoms with Crippen LogP contribution in [0.15, 0.2) is 36.5 Å². The molecule has 2 aromatic rings. The van der Waals surface area contributed by atoms with E-state index >= 15 is 0 Å². The largest absolute Gasteiger partial charge is 0.256 e. The van der Waals surface area contributed by atoms with Gasteiger partial charge in [-0.05, 0) is 49.4 Å². The first-order valence-electron chi connectivity index (χ1n) is 6.42. The maximum atomic E-state index is 4.58. The van der Waals surface area contributed by atoms with Gasteiger partial charge in [0.05, 0.1) is 5.69 Å². The highest BCUT2D eigenvalue weighted by molar-refractivity contribution is 5.64. The minimum atomic E-state index is 0.429. The number of nitrogens with zero attached hydrogens (tertiary/aromatic N) is 1. The van der Waals surface area contributed by atoms with Crippen LogP contribution in [0.4, 0.5) is 0 Å². The van der Waals surface area contributed by atoms with E-state index < -0.39 is 0 Å². The van der Waals surface area contributed by atoms with E-state index in [1.165, 1.54) is 22.3 Å². The highest BCUT2D eigenvalue weighted by Crippen LogP contribution is 2.23. The van der Waals surface area contributed by atoms with Crippen molar-refractivity contribution in [1.29, 1.82) is 0 Å². The zero-order valence-electron chi connectivity index (χ0n) is 11.4. The van der Waals surface area contributed by atoms with E-state index in [1.54, 1.807) is 0 Å². The van der Waals surface area contributed by atoms with Gasteiger partial charge in [0.15, 0.2) is 0 Å². The van der Waals surface area contributed by atoms with Gasteiger partial charge in [-0.3, -0.25) is 4.98 Å². The van der Waals surface area contributed by atoms with Crippen LogP contribution in [-0.4, -0.2) is 4.98 Å². The molecular weight excluding hydrogens is 218 g/mol. The first-order chi connectivity index (χ1) is 8.56. The molecule has 0 saturated carbocycles. The molecule has 1 heterocycles. The van der Waals surface area contributed by atoms with Crippen LogP contribution in [0, 0.1) is 26.7 Å². The average Bonchev–Trinajstić information content (AvgIpc) is 2.33. The Hall–Kier alpha value is -1.63. The second-order valence-electron chi connectivity index (χ2n) is 5.18. The lowest BCUT2D eigenvalue weighted by molar-refractivity contribution is 0.717. The van der Waals surface area contributed by atoms with Crippen LogP contribution in [0.2, 0.25) is 0 Å². The Morgan fingerprint density at radius 1 is 1.17 bits per heavy atom. The number of hydrogen-bond acceptors (Lipinski definition) is 1. The summed E-state index contributed by atoms with van der Waals surface area (Å²) >= 11 is 0. The molecule has 2 rings (SSSR count). The van der Waals surface area contributed by atoms with Crippen LogP contribution >= 0.6 is 0 Å². The van der Waals surface area contributed by atoms with E-state index in [-0.39, 0.29) is 0 Å². The summed E-state index contributed by atoms with van der Waals surface area (Å²) < 4.78 is 0. The van der Waals surface area contributed by atoms with Crippen molar-refractivity contribution in [2.45, 2.75) is 27.2 Å². The number of rotatable bonds is 3. The molecule has 0 N–H and O–H groups in total. The van der Waals surface area contributed by atoms with Crippen molar-refractivity contribution in [2.24, 2.45) is 5.92 Å². The van der Waals surface area contributed by atoms with Gasteiger partial charge in [0.2, 0.25) is 0 Å². The fourth-order valence-corrected chi connectivity index (χ4v) is 2.12. The van der Waals surface area contributed by atoms with Crippen LogP contribution in [-0.2, 0) is 6.42 Å². The third kappa shape index (κ3) is 2.98. The minimum absolute atomic E-state index is 0.429. The van der Waals surface area contributed by atoms with Gasteiger partial charge < -0.3 is 0 Å². The van der Waals surface area contributed by atoms with Gasteiger partial charge in [0.1, 0.15) is 0 Å². The van der Waals surface area contributed by atoms with Crippen molar-refractivity contribution >= 4 is 0 Å². The molecule has 0 saturated heterocycles. The minimum Gasteiger partial charge on any atom is -0.256 e. The monoisotopic (exact) mass is 238 g/mol. The topological polar surface area (TPSA) is 12.9 Å². The summed E-state index contributed by atoms with van der Waals surface area (Å²) in [4.78, 5) is 4.58. The molecule has 0 fully saturated rings. The summed E-state index contributed by atoms with van der Waals surface area (Å²) in [6.07, 6.45) is 2.96. The molecule has 1 heteroatoms. The SMILES string of the molecule is [CH2][C@@H](C)Cc1ccc(-c2cc(C)ccc2C)nc1. The van der Waals surface area contributed by atoms with Crippen molar-refractivity contribution in [3.63, 3.8) is 0 Å². The van der Waals surface area contributed by atoms with Crippen molar-refractivity contribution in [3.8, 4) is 11.3 Å². The van der Waals surface area contributed by atoms with Crippen LogP contribution < -0.4 is 0 Å². The summed E-state index contributed by atoms with van der Waals surface area (Å²) in [6, 6.07) is 10.8. The molecule has 0 aliphatic rings. The predicted octanol–water partition coefficient (Wildman–Crippen LogP) is 4.38. The molecule has 1 atom stereocenters. The van der Waals surface area contributed by atoms with Crippen LogP contribution in [0.1, 0.15) is 23.6 Å². The third-order valence-electron chi connectivity index (χ3n) is 3.08. The van der Waals surface area contributed by atoms with Gasteiger partial charge in [0, 0.05) is 11.8 Å². The Morgan fingerprint density at radius 3 is 2.56 bits per heavy atom. The molecule has 18 heavy (non-hydrogen) atoms. The highest BCUT2D eigenvalue weighted by atomic mass is 14.7. The van der Waals surface area contributed by atoms with E-state index in [9.17, 15) is 0 Å². The van der Waals surface area contributed by atoms with E-state index in [1.807, 2.05) is 6.20 Å². The zero-order chi connectivity index (χ0) is 13.1. The Labute approximate surface area is 110 Å². The van der Waals surface area contributed by atoms with Gasteiger partial charge in [-0.25, -0.2) is 0 Å². The molecule has 93 valence electrons. The standard InChI is InChI=1S/C17H20N/c1-12(2)9-15-7-8-17(18-11-15)16-10-13(3)5-6-14(16)4/h5-8,10-12H,1,9H2,2-4H3/t12-/m0/s1. The summed E-state index contributed by atoms with van der Waals surface area (Å²) in [5, 5.41) is 0. The molecule has 1 aromatic heterocycles. The second kappa shape index (κ2) is 5.34. The highest BCUT2D eigenvalue weighted by Gasteiger charge is 2.04. The molecule has 0 bridgehead atoms. The van der Waals surface area contributed by atoms with Gasteiger partial charge >= 0.3 is 0 Å². The molecule has 0 unspecified atom stereocenters. The lowest BCUT2D eigenvalue weighted by Crippen LogP contribution is -1.96. The third-order valence-corrected chi connectivity index (χ3v) is 3.08. The molecule has 0 spiro atoms. The fourth-order valence-electron chi connectivity index (χ4n) is 2.12. The van der Waals surface area contributed by atoms with Crippen molar-refractivity contribution in [2.75, 3.05) is 0 Å². The Balaban J connectivity index is 2.31. The number of pyridine rings is 1. The van der Waals surface area contributed by atoms with E-state index in [2.05, 4.69) is 63.0 Å². The Bertz CT molecular complexity index is 524. The Morgan fingerprint density at radius 2 is 1.94 bits per heavy atom. The lowest BCUT2D eigenvalue weighted by Gasteiger charge is -2.08. The van der Waals surface area contributed by atoms with Crippen molar-refractivity contribution in [1.82, 2.24) is 4.98 Å². The average molecular weight is 238 g/mol. The summed E-state index contributed by atoms with van der Waals surface area (Å²) in [6.45, 7) is 10.4. The predicted molar refractivity (Wildman–Crippen MR) is 77.4 cm³/mol. The normalized spacial score (nSPS) is 10.9. The van der Waals surface area contributed by atoms with E-state index in [0.717, 1.165) is 12.1 Å². The van der Waals surface area contributed by atoms with E-state index in [4.69, 9.17) is 0 Å². The summed E-state index contributed by atoms with van der Waals surface area (Å²) in [5.41, 5.74) is 6.08. The first kappa shape index (κ1) is 12.8. The smallest absolute Gasteiger partial charge is 0.0704 e. The van der Waals surface area contributed by atoms with Gasteiger partial charge in [-0.15, -0.1) is 0 Å². The quantitative estimate of drug-likeness (QED) is 0.773. The maximum Gasteiger partial charge on any atom is 0.0704 e. The molecule has 0 aliphatic heterocycles. The van der Waals surface area contributed by atoms with Crippen molar-refractivity contribution in [3.05, 3.63) is 60.1 Å². The van der Waals surface area contributed by atoms with E-state index in [0.29, 0.717) is 5.92 Å². The molecule has 1 aromatic carbocycles. The van der Waals surface area contributed by atoms with Gasteiger partial charge in [-0.2, -0.15) is 0 Å². The lowest BCUT2D eigenvalue weighted by atomic mass is 10.0. The first-order valence-corrected chi connectivity index (χ1v) is 6.42. The van der Waals surface area contributed by atoms with Crippen LogP contribution in [0.25, 0.3) is 11.3 Å². The molecule has 1 nitrogen and oxygen atoms in total. The summed E-state index contributed by atoms with van der Waals surface area (Å²) in [7, 11) is 0. The van der Waals surface area contributed by atoms with Gasteiger partial charge in [0.25, 0.3) is 0 Å². The molecule has 1 radical (unpaired) electrons. The Kier molecular flexibility index (Phi) is 3.81. The van der Waals surface area contributed by atoms with Crippen molar-refractivity contribution < 1.29 is 0 Å². The number of aromatic nitrogens is 1. The fraction of sp³-hybridized carbons (Fsp3) is 0.294. The number of benzene rings is 1. The molecule has 0 amide bonds. The van der Waals surface area contributed by atoms with Gasteiger partial charge in [-0.1, -0.05) is 37.6 Å². The molecular formula is C17H20N. The number of aryl methyl sites for hydroxylation is 2. The second-order valence-corrected chi connectivity index (χ2v) is 5.18. The van der Waals surface area contributed by atoms with Crippen LogP contribution in [0.5, 0.6) is 0 Å².